The van der Waals surface area contributed by atoms with Crippen LogP contribution in [0.4, 0.5) is 0 Å². The first-order valence-corrected chi connectivity index (χ1v) is 8.99. The number of rotatable bonds is 8. The molecule has 0 saturated heterocycles. The zero-order valence-electron chi connectivity index (χ0n) is 15.8. The van der Waals surface area contributed by atoms with Gasteiger partial charge < -0.3 is 19.3 Å². The summed E-state index contributed by atoms with van der Waals surface area (Å²) < 4.78 is 17.0. The van der Waals surface area contributed by atoms with E-state index < -0.39 is 5.97 Å². The Morgan fingerprint density at radius 1 is 0.929 bits per heavy atom. The fourth-order valence-electron chi connectivity index (χ4n) is 2.96. The largest absolute Gasteiger partial charge is 0.496 e. The van der Waals surface area contributed by atoms with E-state index in [0.29, 0.717) is 29.4 Å². The molecule has 0 heterocycles. The third-order valence-corrected chi connectivity index (χ3v) is 4.09. The van der Waals surface area contributed by atoms with E-state index in [4.69, 9.17) is 19.3 Å². The summed E-state index contributed by atoms with van der Waals surface area (Å²) >= 11 is 0. The van der Waals surface area contributed by atoms with Gasteiger partial charge in [-0.15, -0.1) is 0 Å². The first-order valence-electron chi connectivity index (χ1n) is 8.99. The van der Waals surface area contributed by atoms with Crippen LogP contribution in [0.5, 0.6) is 23.0 Å². The van der Waals surface area contributed by atoms with E-state index >= 15 is 0 Å². The number of carboxylic acids is 1. The normalized spacial score (nSPS) is 10.4. The van der Waals surface area contributed by atoms with Gasteiger partial charge in [-0.3, -0.25) is 4.79 Å². The van der Waals surface area contributed by atoms with Crippen molar-refractivity contribution in [3.8, 4) is 34.1 Å². The van der Waals surface area contributed by atoms with Crippen molar-refractivity contribution in [1.29, 1.82) is 0 Å². The molecule has 0 aliphatic heterocycles. The van der Waals surface area contributed by atoms with Gasteiger partial charge >= 0.3 is 5.97 Å². The van der Waals surface area contributed by atoms with Crippen molar-refractivity contribution < 1.29 is 24.1 Å². The van der Waals surface area contributed by atoms with Crippen LogP contribution in [0.1, 0.15) is 12.5 Å². The SMILES string of the molecule is CCOc1cc(CC(=O)O)cc(Oc2cccc(-c3ccccc3OC)c2)c1. The lowest BCUT2D eigenvalue weighted by atomic mass is 10.0. The maximum Gasteiger partial charge on any atom is 0.307 e. The van der Waals surface area contributed by atoms with Crippen LogP contribution in [-0.4, -0.2) is 24.8 Å². The Morgan fingerprint density at radius 2 is 1.71 bits per heavy atom. The number of benzene rings is 3. The van der Waals surface area contributed by atoms with Crippen molar-refractivity contribution >= 4 is 5.97 Å². The number of aliphatic carboxylic acids is 1. The van der Waals surface area contributed by atoms with Crippen LogP contribution in [0.2, 0.25) is 0 Å². The van der Waals surface area contributed by atoms with E-state index in [2.05, 4.69) is 0 Å². The van der Waals surface area contributed by atoms with Crippen LogP contribution in [0.15, 0.2) is 66.7 Å². The summed E-state index contributed by atoms with van der Waals surface area (Å²) in [7, 11) is 1.64. The minimum absolute atomic E-state index is 0.0987. The van der Waals surface area contributed by atoms with E-state index in [1.54, 1.807) is 25.3 Å². The standard InChI is InChI=1S/C23H22O5/c1-3-27-19-11-16(13-23(24)25)12-20(15-19)28-18-8-6-7-17(14-18)21-9-4-5-10-22(21)26-2/h4-12,14-15H,3,13H2,1-2H3,(H,24,25). The fourth-order valence-corrected chi connectivity index (χ4v) is 2.96. The molecule has 0 bridgehead atoms. The van der Waals surface area contributed by atoms with Gasteiger partial charge in [-0.25, -0.2) is 0 Å². The maximum atomic E-state index is 11.1. The summed E-state index contributed by atoms with van der Waals surface area (Å²) in [4.78, 5) is 11.1. The molecule has 3 rings (SSSR count). The van der Waals surface area contributed by atoms with E-state index in [9.17, 15) is 4.79 Å². The first kappa shape index (κ1) is 19.3. The van der Waals surface area contributed by atoms with E-state index in [-0.39, 0.29) is 6.42 Å². The average molecular weight is 378 g/mol. The third-order valence-electron chi connectivity index (χ3n) is 4.09. The summed E-state index contributed by atoms with van der Waals surface area (Å²) in [5, 5.41) is 9.09. The van der Waals surface area contributed by atoms with Crippen LogP contribution in [0.3, 0.4) is 0 Å². The zero-order valence-corrected chi connectivity index (χ0v) is 15.8. The monoisotopic (exact) mass is 378 g/mol. The van der Waals surface area contributed by atoms with Crippen LogP contribution >= 0.6 is 0 Å². The second-order valence-corrected chi connectivity index (χ2v) is 6.15. The van der Waals surface area contributed by atoms with Crippen LogP contribution < -0.4 is 14.2 Å². The van der Waals surface area contributed by atoms with Gasteiger partial charge in [0.15, 0.2) is 0 Å². The second-order valence-electron chi connectivity index (χ2n) is 6.15. The lowest BCUT2D eigenvalue weighted by Gasteiger charge is -2.13. The summed E-state index contributed by atoms with van der Waals surface area (Å²) in [5.74, 6) is 1.62. The topological polar surface area (TPSA) is 65.0 Å². The molecule has 0 aliphatic carbocycles. The number of hydrogen-bond donors (Lipinski definition) is 1. The van der Waals surface area contributed by atoms with E-state index in [1.807, 2.05) is 55.5 Å². The number of hydrogen-bond acceptors (Lipinski definition) is 4. The summed E-state index contributed by atoms with van der Waals surface area (Å²) in [6.07, 6.45) is -0.0987. The summed E-state index contributed by atoms with van der Waals surface area (Å²) in [6, 6.07) is 20.6. The van der Waals surface area contributed by atoms with Gasteiger partial charge in [0, 0.05) is 11.6 Å². The molecule has 0 saturated carbocycles. The molecule has 0 radical (unpaired) electrons. The zero-order chi connectivity index (χ0) is 19.9. The molecule has 3 aromatic carbocycles. The Bertz CT molecular complexity index is 965. The maximum absolute atomic E-state index is 11.1. The number of carboxylic acid groups (broad SMARTS) is 1. The molecule has 28 heavy (non-hydrogen) atoms. The number of ether oxygens (including phenoxy) is 3. The van der Waals surface area contributed by atoms with Gasteiger partial charge in [-0.1, -0.05) is 30.3 Å². The molecular formula is C23H22O5. The van der Waals surface area contributed by atoms with Crippen LogP contribution in [0, 0.1) is 0 Å². The summed E-state index contributed by atoms with van der Waals surface area (Å²) in [5.41, 5.74) is 2.54. The van der Waals surface area contributed by atoms with Crippen LogP contribution in [0.25, 0.3) is 11.1 Å². The molecule has 1 N–H and O–H groups in total. The lowest BCUT2D eigenvalue weighted by Crippen LogP contribution is -2.01. The van der Waals surface area contributed by atoms with Gasteiger partial charge in [0.2, 0.25) is 0 Å². The van der Waals surface area contributed by atoms with Gasteiger partial charge in [-0.2, -0.15) is 0 Å². The number of para-hydroxylation sites is 1. The Kier molecular flexibility index (Phi) is 6.17. The average Bonchev–Trinajstić information content (AvgIpc) is 2.67. The minimum atomic E-state index is -0.905. The molecule has 3 aromatic rings. The Balaban J connectivity index is 1.91. The van der Waals surface area contributed by atoms with Crippen molar-refractivity contribution in [2.75, 3.05) is 13.7 Å². The van der Waals surface area contributed by atoms with Gasteiger partial charge in [0.1, 0.15) is 23.0 Å². The predicted octanol–water partition coefficient (Wildman–Crippen LogP) is 5.18. The molecule has 0 aromatic heterocycles. The summed E-state index contributed by atoms with van der Waals surface area (Å²) in [6.45, 7) is 2.36. The highest BCUT2D eigenvalue weighted by Crippen LogP contribution is 2.34. The van der Waals surface area contributed by atoms with E-state index in [0.717, 1.165) is 16.9 Å². The fraction of sp³-hybridized carbons (Fsp3) is 0.174. The Hall–Kier alpha value is -3.47. The molecule has 0 amide bonds. The van der Waals surface area contributed by atoms with Crippen molar-refractivity contribution in [2.24, 2.45) is 0 Å². The Labute approximate surface area is 164 Å². The molecule has 5 heteroatoms. The molecule has 0 atom stereocenters. The minimum Gasteiger partial charge on any atom is -0.496 e. The number of carbonyl (C=O) groups is 1. The van der Waals surface area contributed by atoms with Crippen molar-refractivity contribution in [3.05, 3.63) is 72.3 Å². The number of methoxy groups -OCH3 is 1. The van der Waals surface area contributed by atoms with Crippen molar-refractivity contribution in [2.45, 2.75) is 13.3 Å². The molecular weight excluding hydrogens is 356 g/mol. The molecule has 0 unspecified atom stereocenters. The van der Waals surface area contributed by atoms with Gasteiger partial charge in [0.05, 0.1) is 20.1 Å². The Morgan fingerprint density at radius 3 is 2.46 bits per heavy atom. The molecule has 5 nitrogen and oxygen atoms in total. The highest BCUT2D eigenvalue weighted by Gasteiger charge is 2.09. The molecule has 0 aliphatic rings. The third kappa shape index (κ3) is 4.82. The second kappa shape index (κ2) is 8.95. The highest BCUT2D eigenvalue weighted by molar-refractivity contribution is 5.72. The molecule has 0 spiro atoms. The van der Waals surface area contributed by atoms with Gasteiger partial charge in [-0.05, 0) is 48.4 Å². The highest BCUT2D eigenvalue weighted by atomic mass is 16.5. The molecule has 0 fully saturated rings. The van der Waals surface area contributed by atoms with Crippen LogP contribution in [-0.2, 0) is 11.2 Å². The first-order chi connectivity index (χ1) is 13.6. The van der Waals surface area contributed by atoms with Crippen molar-refractivity contribution in [1.82, 2.24) is 0 Å². The molecule has 144 valence electrons. The lowest BCUT2D eigenvalue weighted by molar-refractivity contribution is -0.136. The van der Waals surface area contributed by atoms with E-state index in [1.165, 1.54) is 0 Å². The predicted molar refractivity (Wildman–Crippen MR) is 107 cm³/mol. The quantitative estimate of drug-likeness (QED) is 0.585. The van der Waals surface area contributed by atoms with Gasteiger partial charge in [0.25, 0.3) is 0 Å². The van der Waals surface area contributed by atoms with Crippen molar-refractivity contribution in [3.63, 3.8) is 0 Å². The smallest absolute Gasteiger partial charge is 0.307 e.